The minimum atomic E-state index is -2.37. The third-order valence-electron chi connectivity index (χ3n) is 7.72. The topological polar surface area (TPSA) is 91.8 Å². The minimum absolute atomic E-state index is 0.0398. The molecule has 204 valence electrons. The Kier molecular flexibility index (Phi) is 7.31. The Hall–Kier alpha value is -3.56. The predicted octanol–water partition coefficient (Wildman–Crippen LogP) is 4.90. The van der Waals surface area contributed by atoms with Crippen LogP contribution in [0.4, 0.5) is 14.5 Å². The number of para-hydroxylation sites is 1. The quantitative estimate of drug-likeness (QED) is 0.451. The van der Waals surface area contributed by atoms with Gasteiger partial charge in [0.15, 0.2) is 17.2 Å². The van der Waals surface area contributed by atoms with E-state index >= 15 is 4.39 Å². The average Bonchev–Trinajstić information content (AvgIpc) is 3.15. The third kappa shape index (κ3) is 4.74. The maximum Gasteiger partial charge on any atom is 0.268 e. The minimum Gasteiger partial charge on any atom is -0.494 e. The van der Waals surface area contributed by atoms with E-state index in [1.807, 2.05) is 0 Å². The standard InChI is InChI=1S/C29H28ClF2N3O4/c1-16-20(13-18(30)14-33-16)27(36)34-19-9-7-17(8-10-19)15-35-23-6-4-3-5-21(23)29(38,28(35)37)22-11-12-24(39-2)26(32)25(22)31/h3-6,11-14,17,19,38H,7-10,15H2,1-2H3,(H,34,36). The molecular weight excluding hydrogens is 528 g/mol. The Bertz CT molecular complexity index is 1440. The molecule has 1 unspecified atom stereocenters. The van der Waals surface area contributed by atoms with Crippen molar-refractivity contribution < 1.29 is 28.2 Å². The van der Waals surface area contributed by atoms with Crippen LogP contribution < -0.4 is 15.0 Å². The fourth-order valence-electron chi connectivity index (χ4n) is 5.59. The number of hydrogen-bond donors (Lipinski definition) is 2. The van der Waals surface area contributed by atoms with E-state index in [1.165, 1.54) is 30.3 Å². The SMILES string of the molecule is COc1ccc(C2(O)C(=O)N(CC3CCC(NC(=O)c4cc(Cl)cnc4C)CC3)c3ccccc32)c(F)c1F. The van der Waals surface area contributed by atoms with E-state index in [1.54, 1.807) is 37.3 Å². The van der Waals surface area contributed by atoms with Crippen LogP contribution in [-0.2, 0) is 10.4 Å². The van der Waals surface area contributed by atoms with E-state index in [2.05, 4.69) is 10.3 Å². The van der Waals surface area contributed by atoms with Gasteiger partial charge in [-0.1, -0.05) is 29.8 Å². The van der Waals surface area contributed by atoms with Gasteiger partial charge >= 0.3 is 0 Å². The number of hydrogen-bond acceptors (Lipinski definition) is 5. The van der Waals surface area contributed by atoms with Crippen LogP contribution in [0.2, 0.25) is 5.02 Å². The van der Waals surface area contributed by atoms with Gasteiger partial charge in [-0.05, 0) is 62.8 Å². The first-order valence-corrected chi connectivity index (χ1v) is 13.1. The van der Waals surface area contributed by atoms with Gasteiger partial charge in [-0.15, -0.1) is 0 Å². The second kappa shape index (κ2) is 10.5. The van der Waals surface area contributed by atoms with Gasteiger partial charge in [-0.25, -0.2) is 4.39 Å². The predicted molar refractivity (Wildman–Crippen MR) is 142 cm³/mol. The summed E-state index contributed by atoms with van der Waals surface area (Å²) in [5, 5.41) is 15.1. The van der Waals surface area contributed by atoms with Crippen molar-refractivity contribution in [3.05, 3.63) is 87.7 Å². The van der Waals surface area contributed by atoms with Gasteiger partial charge in [-0.3, -0.25) is 14.6 Å². The summed E-state index contributed by atoms with van der Waals surface area (Å²) in [7, 11) is 1.21. The van der Waals surface area contributed by atoms with E-state index in [-0.39, 0.29) is 29.2 Å². The van der Waals surface area contributed by atoms with Gasteiger partial charge < -0.3 is 20.1 Å². The molecule has 10 heteroatoms. The molecule has 0 radical (unpaired) electrons. The summed E-state index contributed by atoms with van der Waals surface area (Å²) < 4.78 is 34.5. The molecule has 0 bridgehead atoms. The van der Waals surface area contributed by atoms with E-state index < -0.39 is 28.7 Å². The summed E-state index contributed by atoms with van der Waals surface area (Å²) in [5.74, 6) is -3.79. The Labute approximate surface area is 229 Å². The van der Waals surface area contributed by atoms with Crippen molar-refractivity contribution >= 4 is 29.1 Å². The molecule has 1 saturated carbocycles. The number of anilines is 1. The maximum absolute atomic E-state index is 15.1. The van der Waals surface area contributed by atoms with Gasteiger partial charge in [0.1, 0.15) is 0 Å². The number of halogens is 3. The van der Waals surface area contributed by atoms with Gasteiger partial charge in [0, 0.05) is 29.9 Å². The van der Waals surface area contributed by atoms with Gasteiger partial charge in [0.05, 0.1) is 29.1 Å². The number of nitrogens with zero attached hydrogens (tertiary/aromatic N) is 2. The molecule has 3 aromatic rings. The number of carbonyl (C=O) groups is 2. The van der Waals surface area contributed by atoms with E-state index in [4.69, 9.17) is 16.3 Å². The fourth-order valence-corrected chi connectivity index (χ4v) is 5.75. The number of amides is 2. The lowest BCUT2D eigenvalue weighted by molar-refractivity contribution is -0.132. The highest BCUT2D eigenvalue weighted by Gasteiger charge is 2.53. The van der Waals surface area contributed by atoms with Crippen LogP contribution in [0.25, 0.3) is 0 Å². The van der Waals surface area contributed by atoms with Gasteiger partial charge in [0.25, 0.3) is 11.8 Å². The Morgan fingerprint density at radius 2 is 1.87 bits per heavy atom. The average molecular weight is 556 g/mol. The molecule has 39 heavy (non-hydrogen) atoms. The second-order valence-electron chi connectivity index (χ2n) is 10.1. The summed E-state index contributed by atoms with van der Waals surface area (Å²) >= 11 is 6.00. The number of pyridine rings is 1. The highest BCUT2D eigenvalue weighted by molar-refractivity contribution is 6.30. The van der Waals surface area contributed by atoms with E-state index in [0.717, 1.165) is 12.8 Å². The lowest BCUT2D eigenvalue weighted by Gasteiger charge is -2.32. The molecule has 1 fully saturated rings. The normalized spacial score (nSPS) is 22.5. The van der Waals surface area contributed by atoms with Gasteiger partial charge in [-0.2, -0.15) is 4.39 Å². The number of ether oxygens (including phenoxy) is 1. The largest absolute Gasteiger partial charge is 0.494 e. The highest BCUT2D eigenvalue weighted by Crippen LogP contribution is 2.46. The van der Waals surface area contributed by atoms with Crippen LogP contribution >= 0.6 is 11.6 Å². The fraction of sp³-hybridized carbons (Fsp3) is 0.345. The first kappa shape index (κ1) is 27.0. The Morgan fingerprint density at radius 1 is 1.15 bits per heavy atom. The molecule has 7 nitrogen and oxygen atoms in total. The molecule has 1 aromatic heterocycles. The molecule has 1 atom stereocenters. The van der Waals surface area contributed by atoms with Crippen LogP contribution in [0, 0.1) is 24.5 Å². The summed E-state index contributed by atoms with van der Waals surface area (Å²) in [6.45, 7) is 2.05. The Morgan fingerprint density at radius 3 is 2.59 bits per heavy atom. The number of nitrogens with one attached hydrogen (secondary N) is 1. The molecule has 1 aliphatic carbocycles. The maximum atomic E-state index is 15.1. The zero-order chi connectivity index (χ0) is 27.9. The molecule has 1 aliphatic heterocycles. The number of carbonyl (C=O) groups excluding carboxylic acids is 2. The number of aromatic nitrogens is 1. The van der Waals surface area contributed by atoms with Gasteiger partial charge in [0.2, 0.25) is 5.82 Å². The molecule has 2 aromatic carbocycles. The number of fused-ring (bicyclic) bond motifs is 1. The van der Waals surface area contributed by atoms with Crippen molar-refractivity contribution in [1.82, 2.24) is 10.3 Å². The lowest BCUT2D eigenvalue weighted by atomic mass is 9.85. The van der Waals surface area contributed by atoms with E-state index in [0.29, 0.717) is 41.4 Å². The van der Waals surface area contributed by atoms with Crippen molar-refractivity contribution in [3.63, 3.8) is 0 Å². The molecule has 0 saturated heterocycles. The highest BCUT2D eigenvalue weighted by atomic mass is 35.5. The van der Waals surface area contributed by atoms with Crippen molar-refractivity contribution in [2.24, 2.45) is 5.92 Å². The summed E-state index contributed by atoms with van der Waals surface area (Å²) in [6, 6.07) is 10.5. The molecule has 2 aliphatic rings. The van der Waals surface area contributed by atoms with Crippen LogP contribution in [-0.4, -0.2) is 41.6 Å². The zero-order valence-electron chi connectivity index (χ0n) is 21.5. The van der Waals surface area contributed by atoms with Crippen molar-refractivity contribution in [2.75, 3.05) is 18.6 Å². The molecule has 0 spiro atoms. The lowest BCUT2D eigenvalue weighted by Crippen LogP contribution is -2.45. The molecule has 2 heterocycles. The summed E-state index contributed by atoms with van der Waals surface area (Å²) in [6.07, 6.45) is 4.37. The smallest absolute Gasteiger partial charge is 0.268 e. The number of rotatable bonds is 6. The Balaban J connectivity index is 1.31. The summed E-state index contributed by atoms with van der Waals surface area (Å²) in [5.41, 5.74) is -1.15. The van der Waals surface area contributed by atoms with Crippen LogP contribution in [0.15, 0.2) is 48.7 Å². The number of benzene rings is 2. The first-order valence-electron chi connectivity index (χ1n) is 12.7. The first-order chi connectivity index (χ1) is 18.6. The van der Waals surface area contributed by atoms with Crippen molar-refractivity contribution in [2.45, 2.75) is 44.2 Å². The van der Waals surface area contributed by atoms with Crippen LogP contribution in [0.1, 0.15) is 52.9 Å². The van der Waals surface area contributed by atoms with E-state index in [9.17, 15) is 19.1 Å². The zero-order valence-corrected chi connectivity index (χ0v) is 22.3. The number of aryl methyl sites for hydroxylation is 1. The second-order valence-corrected chi connectivity index (χ2v) is 10.5. The monoisotopic (exact) mass is 555 g/mol. The molecule has 2 amide bonds. The van der Waals surface area contributed by atoms with Crippen LogP contribution in [0.3, 0.4) is 0 Å². The number of methoxy groups -OCH3 is 1. The molecule has 2 N–H and O–H groups in total. The van der Waals surface area contributed by atoms with Crippen molar-refractivity contribution in [3.8, 4) is 5.75 Å². The molecular formula is C29H28ClF2N3O4. The third-order valence-corrected chi connectivity index (χ3v) is 7.92. The van der Waals surface area contributed by atoms with Crippen LogP contribution in [0.5, 0.6) is 5.75 Å². The molecule has 5 rings (SSSR count). The number of aliphatic hydroxyl groups is 1. The summed E-state index contributed by atoms with van der Waals surface area (Å²) in [4.78, 5) is 32.1. The van der Waals surface area contributed by atoms with Crippen molar-refractivity contribution in [1.29, 1.82) is 0 Å².